The summed E-state index contributed by atoms with van der Waals surface area (Å²) in [6.45, 7) is 26.5. The predicted octanol–water partition coefficient (Wildman–Crippen LogP) is 12.3. The molecule has 0 spiro atoms. The number of phenols is 1. The number of ketones is 3. The van der Waals surface area contributed by atoms with Crippen molar-refractivity contribution in [1.29, 1.82) is 0 Å². The highest BCUT2D eigenvalue weighted by Gasteiger charge is 2.70. The third-order valence-electron chi connectivity index (χ3n) is 23.6. The van der Waals surface area contributed by atoms with Gasteiger partial charge in [-0.25, -0.2) is 0 Å². The number of methoxy groups -OCH3 is 2. The molecule has 0 aromatic heterocycles. The second-order valence-electron chi connectivity index (χ2n) is 26.8. The van der Waals surface area contributed by atoms with E-state index in [9.17, 15) is 29.1 Å². The van der Waals surface area contributed by atoms with Crippen LogP contribution in [0.4, 0.5) is 0 Å². The molecule has 1 aromatic carbocycles. The van der Waals surface area contributed by atoms with Crippen molar-refractivity contribution < 1.29 is 43.3 Å². The highest BCUT2D eigenvalue weighted by atomic mass is 16.5. The van der Waals surface area contributed by atoms with Gasteiger partial charge in [-0.3, -0.25) is 24.0 Å². The van der Waals surface area contributed by atoms with Crippen LogP contribution in [0.5, 0.6) is 11.5 Å². The number of fused-ring (bicyclic) bond motifs is 14. The Bertz CT molecular complexity index is 2700. The van der Waals surface area contributed by atoms with Crippen LogP contribution >= 0.6 is 0 Å². The first-order valence-corrected chi connectivity index (χ1v) is 26.2. The Morgan fingerprint density at radius 1 is 0.580 bits per heavy atom. The lowest BCUT2D eigenvalue weighted by atomic mass is 9.34. The van der Waals surface area contributed by atoms with Gasteiger partial charge in [-0.15, -0.1) is 0 Å². The molecular weight excluding hydrogens is 865 g/mol. The molecule has 0 unspecified atom stereocenters. The van der Waals surface area contributed by atoms with E-state index in [0.717, 1.165) is 107 Å². The smallest absolute Gasteiger partial charge is 0.311 e. The molecule has 1 aromatic rings. The highest BCUT2D eigenvalue weighted by molar-refractivity contribution is 6.46. The van der Waals surface area contributed by atoms with Crippen LogP contribution in [-0.4, -0.2) is 54.2 Å². The number of aromatic hydroxyl groups is 1. The number of esters is 2. The van der Waals surface area contributed by atoms with Gasteiger partial charge in [-0.05, 0) is 197 Å². The Kier molecular flexibility index (Phi) is 10.1. The van der Waals surface area contributed by atoms with Crippen molar-refractivity contribution in [3.8, 4) is 11.5 Å². The van der Waals surface area contributed by atoms with Gasteiger partial charge in [0.25, 0.3) is 0 Å². The third kappa shape index (κ3) is 5.85. The molecule has 10 rings (SSSR count). The molecule has 9 aliphatic carbocycles. The fraction of sp³-hybridized carbons (Fsp3) is 0.683. The van der Waals surface area contributed by atoms with Crippen LogP contribution in [0.25, 0.3) is 0 Å². The van der Waals surface area contributed by atoms with Crippen molar-refractivity contribution in [2.75, 3.05) is 14.2 Å². The molecule has 372 valence electrons. The molecule has 13 atom stereocenters. The van der Waals surface area contributed by atoms with E-state index in [2.05, 4.69) is 75.3 Å². The Morgan fingerprint density at radius 2 is 1.07 bits per heavy atom. The normalized spacial score (nSPS) is 46.3. The van der Waals surface area contributed by atoms with E-state index in [1.165, 1.54) is 19.8 Å². The summed E-state index contributed by atoms with van der Waals surface area (Å²) in [5, 5.41) is 12.1. The molecule has 6 fully saturated rings. The van der Waals surface area contributed by atoms with Crippen LogP contribution in [0.15, 0.2) is 52.7 Å². The summed E-state index contributed by atoms with van der Waals surface area (Å²) in [7, 11) is 2.99. The first-order valence-electron chi connectivity index (χ1n) is 26.2. The molecule has 0 radical (unpaired) electrons. The van der Waals surface area contributed by atoms with Gasteiger partial charge >= 0.3 is 11.9 Å². The average Bonchev–Trinajstić information content (AvgIpc) is 3.30. The number of phenolic OH excluding ortho intramolecular Hbond substituents is 1. The van der Waals surface area contributed by atoms with Crippen molar-refractivity contribution in [2.45, 2.75) is 184 Å². The van der Waals surface area contributed by atoms with Crippen LogP contribution in [-0.2, 0) is 34.1 Å². The van der Waals surface area contributed by atoms with Crippen molar-refractivity contribution >= 4 is 29.3 Å². The number of carbonyl (C=O) groups is 5. The van der Waals surface area contributed by atoms with Gasteiger partial charge in [-0.2, -0.15) is 0 Å². The number of allylic oxidation sites excluding steroid dienone is 6. The van der Waals surface area contributed by atoms with Crippen molar-refractivity contribution in [3.05, 3.63) is 69.4 Å². The molecule has 69 heavy (non-hydrogen) atoms. The van der Waals surface area contributed by atoms with E-state index in [1.54, 1.807) is 19.9 Å². The molecular formula is C60H78O9. The number of ether oxygens (including phenoxy) is 3. The lowest BCUT2D eigenvalue weighted by molar-refractivity contribution is -0.180. The monoisotopic (exact) mass is 943 g/mol. The lowest BCUT2D eigenvalue weighted by Crippen LogP contribution is -2.63. The van der Waals surface area contributed by atoms with Gasteiger partial charge in [0.15, 0.2) is 22.9 Å². The van der Waals surface area contributed by atoms with Gasteiger partial charge in [0.2, 0.25) is 11.6 Å². The first kappa shape index (κ1) is 48.4. The zero-order valence-corrected chi connectivity index (χ0v) is 44.2. The fourth-order valence-electron chi connectivity index (χ4n) is 18.4. The SMILES string of the molecule is COC(=O)[C@]1(C)CC[C@]2(C)CC[C@]3(C)C4=CC=C5C(=CC(=O)C(=O)[C@@]5(C)Oc5cc6c(c(C)c5O)C(=O)C=C5[C@@]6(C)CC[C@@]6(C)[C@@H]7C[C@](C)(C(=O)OC)CC[C@]7(C)CC[C@]56C)[C@]4(C)CC[C@@]3(C)[C@@H]2C1. The number of hydrogen-bond acceptors (Lipinski definition) is 9. The number of Topliss-reactive ketones (excluding diaryl/α,β-unsaturated/α-hetero) is 1. The molecule has 0 heterocycles. The van der Waals surface area contributed by atoms with Crippen LogP contribution in [0.2, 0.25) is 0 Å². The van der Waals surface area contributed by atoms with Crippen LogP contribution in [0, 0.1) is 67.5 Å². The number of hydrogen-bond donors (Lipinski definition) is 1. The first-order chi connectivity index (χ1) is 31.9. The maximum Gasteiger partial charge on any atom is 0.311 e. The van der Waals surface area contributed by atoms with Gasteiger partial charge in [-0.1, -0.05) is 73.1 Å². The number of benzene rings is 1. The summed E-state index contributed by atoms with van der Waals surface area (Å²) in [4.78, 5) is 70.1. The Balaban J connectivity index is 1.03. The third-order valence-corrected chi connectivity index (χ3v) is 23.6. The molecule has 1 N–H and O–H groups in total. The van der Waals surface area contributed by atoms with E-state index >= 15 is 0 Å². The largest absolute Gasteiger partial charge is 0.504 e. The van der Waals surface area contributed by atoms with Gasteiger partial charge in [0.05, 0.1) is 25.0 Å². The summed E-state index contributed by atoms with van der Waals surface area (Å²) < 4.78 is 17.7. The maximum absolute atomic E-state index is 14.7. The highest BCUT2D eigenvalue weighted by Crippen LogP contribution is 2.77. The summed E-state index contributed by atoms with van der Waals surface area (Å²) in [6, 6.07) is 1.81. The maximum atomic E-state index is 14.7. The van der Waals surface area contributed by atoms with Crippen LogP contribution < -0.4 is 4.74 Å². The summed E-state index contributed by atoms with van der Waals surface area (Å²) in [5.41, 5.74) is 0.530. The molecule has 9 aliphatic rings. The molecule has 0 saturated heterocycles. The number of carbonyl (C=O) groups excluding carboxylic acids is 5. The van der Waals surface area contributed by atoms with Crippen LogP contribution in [0.1, 0.15) is 188 Å². The van der Waals surface area contributed by atoms with E-state index < -0.39 is 38.8 Å². The Labute approximate surface area is 410 Å². The zero-order chi connectivity index (χ0) is 50.3. The molecule has 9 nitrogen and oxygen atoms in total. The quantitative estimate of drug-likeness (QED) is 0.231. The second kappa shape index (κ2) is 14.5. The molecule has 9 heteroatoms. The zero-order valence-electron chi connectivity index (χ0n) is 44.2. The minimum absolute atomic E-state index is 0.0552. The van der Waals surface area contributed by atoms with Gasteiger partial charge < -0.3 is 19.3 Å². The summed E-state index contributed by atoms with van der Waals surface area (Å²) in [6.07, 6.45) is 19.9. The van der Waals surface area contributed by atoms with Crippen molar-refractivity contribution in [3.63, 3.8) is 0 Å². The number of rotatable bonds is 4. The molecule has 0 bridgehead atoms. The minimum atomic E-state index is -1.76. The Hall–Kier alpha value is -4.27. The summed E-state index contributed by atoms with van der Waals surface area (Å²) >= 11 is 0. The van der Waals surface area contributed by atoms with E-state index in [1.807, 2.05) is 18.2 Å². The minimum Gasteiger partial charge on any atom is -0.504 e. The summed E-state index contributed by atoms with van der Waals surface area (Å²) in [5.74, 6) is -1.36. The van der Waals surface area contributed by atoms with Gasteiger partial charge in [0.1, 0.15) is 0 Å². The predicted molar refractivity (Wildman–Crippen MR) is 265 cm³/mol. The molecule has 6 saturated carbocycles. The van der Waals surface area contributed by atoms with Gasteiger partial charge in [0, 0.05) is 27.5 Å². The van der Waals surface area contributed by atoms with E-state index in [4.69, 9.17) is 14.2 Å². The Morgan fingerprint density at radius 3 is 1.59 bits per heavy atom. The average molecular weight is 943 g/mol. The van der Waals surface area contributed by atoms with E-state index in [-0.39, 0.29) is 73.5 Å². The standard InChI is InChI=1S/C60H78O9/c1-34-45-37(55(7)24-28-59(11)44-33-53(5,49(66)68-14)20-18-51(44,3)22-26-57(59,9)42(55)31-38(45)61)30-40(46(34)63)69-60(12)35-15-16-41-54(6,36(35)29-39(62)47(60)64)23-27-58(10)43-32-52(4,48(65)67-13)19-17-50(43,2)21-25-56(41,58)8/h15-16,29-31,43-44,63H,17-28,32-33H2,1-14H3/t43-,44-,50-,51-,52-,53-,54+,55+,56-,57-,58+,59+,60+/m1/s1. The fourth-order valence-corrected chi connectivity index (χ4v) is 18.4. The molecule has 0 amide bonds. The van der Waals surface area contributed by atoms with Crippen molar-refractivity contribution in [2.24, 2.45) is 60.6 Å². The second-order valence-corrected chi connectivity index (χ2v) is 26.8. The topological polar surface area (TPSA) is 133 Å². The van der Waals surface area contributed by atoms with E-state index in [0.29, 0.717) is 16.7 Å². The van der Waals surface area contributed by atoms with Crippen LogP contribution in [0.3, 0.4) is 0 Å². The van der Waals surface area contributed by atoms with Crippen molar-refractivity contribution in [1.82, 2.24) is 0 Å². The lowest BCUT2D eigenvalue weighted by Gasteiger charge is -2.70. The molecule has 0 aliphatic heterocycles.